The molecule has 1 saturated carbocycles. The molecule has 0 amide bonds. The average molecular weight is 254 g/mol. The van der Waals surface area contributed by atoms with Gasteiger partial charge in [0.1, 0.15) is 0 Å². The van der Waals surface area contributed by atoms with Crippen molar-refractivity contribution < 1.29 is 4.74 Å². The van der Waals surface area contributed by atoms with Crippen LogP contribution >= 0.6 is 11.6 Å². The molecule has 2 atom stereocenters. The third-order valence-electron chi connectivity index (χ3n) is 3.35. The summed E-state index contributed by atoms with van der Waals surface area (Å²) in [4.78, 5) is 0. The van der Waals surface area contributed by atoms with Gasteiger partial charge in [-0.2, -0.15) is 0 Å². The summed E-state index contributed by atoms with van der Waals surface area (Å²) >= 11 is 6.29. The second kappa shape index (κ2) is 5.85. The van der Waals surface area contributed by atoms with Crippen molar-refractivity contribution in [3.05, 3.63) is 34.9 Å². The molecule has 0 aromatic heterocycles. The fourth-order valence-corrected chi connectivity index (χ4v) is 2.63. The summed E-state index contributed by atoms with van der Waals surface area (Å²) in [6.45, 7) is 3.03. The van der Waals surface area contributed by atoms with Crippen LogP contribution < -0.4 is 5.32 Å². The summed E-state index contributed by atoms with van der Waals surface area (Å²) in [6.07, 6.45) is 2.77. The molecule has 17 heavy (non-hydrogen) atoms. The van der Waals surface area contributed by atoms with Crippen molar-refractivity contribution in [1.82, 2.24) is 5.32 Å². The Morgan fingerprint density at radius 2 is 2.12 bits per heavy atom. The van der Waals surface area contributed by atoms with E-state index in [1.165, 1.54) is 12.8 Å². The van der Waals surface area contributed by atoms with Crippen molar-refractivity contribution >= 4 is 11.6 Å². The van der Waals surface area contributed by atoms with E-state index in [1.807, 2.05) is 18.2 Å². The van der Waals surface area contributed by atoms with E-state index in [0.717, 1.165) is 17.1 Å². The molecule has 94 valence electrons. The van der Waals surface area contributed by atoms with Gasteiger partial charge in [0.25, 0.3) is 0 Å². The Hall–Kier alpha value is -0.570. The lowest BCUT2D eigenvalue weighted by molar-refractivity contribution is 0.0512. The van der Waals surface area contributed by atoms with Crippen LogP contribution in [0, 0.1) is 5.92 Å². The molecule has 1 N–H and O–H groups in total. The number of ether oxygens (including phenoxy) is 1. The minimum atomic E-state index is 0.200. The molecule has 0 bridgehead atoms. The maximum atomic E-state index is 6.29. The Balaban J connectivity index is 2.24. The van der Waals surface area contributed by atoms with Crippen LogP contribution in [0.4, 0.5) is 0 Å². The number of halogens is 1. The zero-order chi connectivity index (χ0) is 12.3. The molecule has 1 aliphatic carbocycles. The smallest absolute Gasteiger partial charge is 0.0794 e. The van der Waals surface area contributed by atoms with Gasteiger partial charge in [-0.3, -0.25) is 0 Å². The van der Waals surface area contributed by atoms with Gasteiger partial charge in [0.05, 0.1) is 12.1 Å². The zero-order valence-electron chi connectivity index (χ0n) is 10.4. The largest absolute Gasteiger partial charge is 0.379 e. The topological polar surface area (TPSA) is 21.3 Å². The van der Waals surface area contributed by atoms with E-state index in [4.69, 9.17) is 16.3 Å². The van der Waals surface area contributed by atoms with Crippen molar-refractivity contribution in [2.24, 2.45) is 5.92 Å². The molecule has 1 aromatic carbocycles. The molecule has 0 saturated heterocycles. The molecule has 1 aliphatic rings. The Kier molecular flexibility index (Phi) is 4.43. The molecular formula is C14H20ClNO. The molecule has 2 rings (SSSR count). The van der Waals surface area contributed by atoms with E-state index in [9.17, 15) is 0 Å². The number of benzene rings is 1. The van der Waals surface area contributed by atoms with E-state index in [-0.39, 0.29) is 12.1 Å². The molecule has 0 radical (unpaired) electrons. The Morgan fingerprint density at radius 3 is 2.65 bits per heavy atom. The molecule has 0 heterocycles. The van der Waals surface area contributed by atoms with E-state index in [0.29, 0.717) is 5.92 Å². The van der Waals surface area contributed by atoms with Gasteiger partial charge in [0.15, 0.2) is 0 Å². The maximum Gasteiger partial charge on any atom is 0.0794 e. The summed E-state index contributed by atoms with van der Waals surface area (Å²) in [7, 11) is 1.80. The van der Waals surface area contributed by atoms with Gasteiger partial charge >= 0.3 is 0 Å². The number of rotatable bonds is 6. The lowest BCUT2D eigenvalue weighted by Crippen LogP contribution is -2.34. The molecular weight excluding hydrogens is 234 g/mol. The fourth-order valence-electron chi connectivity index (χ4n) is 2.38. The first kappa shape index (κ1) is 12.9. The highest BCUT2D eigenvalue weighted by atomic mass is 35.5. The third-order valence-corrected chi connectivity index (χ3v) is 3.70. The van der Waals surface area contributed by atoms with Crippen LogP contribution in [0.3, 0.4) is 0 Å². The molecule has 2 unspecified atom stereocenters. The van der Waals surface area contributed by atoms with Gasteiger partial charge in [0.2, 0.25) is 0 Å². The first-order valence-electron chi connectivity index (χ1n) is 6.28. The lowest BCUT2D eigenvalue weighted by atomic mass is 9.98. The quantitative estimate of drug-likeness (QED) is 0.839. The van der Waals surface area contributed by atoms with E-state index in [1.54, 1.807) is 7.11 Å². The SMILES string of the molecule is CCNC(c1ccccc1Cl)C(OC)C1CC1. The van der Waals surface area contributed by atoms with Gasteiger partial charge in [0, 0.05) is 12.1 Å². The monoisotopic (exact) mass is 253 g/mol. The Bertz CT molecular complexity index is 365. The van der Waals surface area contributed by atoms with Crippen molar-refractivity contribution in [2.75, 3.05) is 13.7 Å². The first-order chi connectivity index (χ1) is 8.27. The fraction of sp³-hybridized carbons (Fsp3) is 0.571. The zero-order valence-corrected chi connectivity index (χ0v) is 11.2. The molecule has 1 fully saturated rings. The minimum absolute atomic E-state index is 0.200. The van der Waals surface area contributed by atoms with Gasteiger partial charge in [-0.25, -0.2) is 0 Å². The molecule has 0 spiro atoms. The number of likely N-dealkylation sites (N-methyl/N-ethyl adjacent to an activating group) is 1. The van der Waals surface area contributed by atoms with Gasteiger partial charge in [-0.15, -0.1) is 0 Å². The van der Waals surface area contributed by atoms with Crippen molar-refractivity contribution in [1.29, 1.82) is 0 Å². The number of hydrogen-bond donors (Lipinski definition) is 1. The van der Waals surface area contributed by atoms with Crippen LogP contribution in [-0.2, 0) is 4.74 Å². The molecule has 1 aromatic rings. The van der Waals surface area contributed by atoms with Crippen molar-refractivity contribution in [2.45, 2.75) is 31.9 Å². The normalized spacial score (nSPS) is 19.0. The minimum Gasteiger partial charge on any atom is -0.379 e. The van der Waals surface area contributed by atoms with E-state index < -0.39 is 0 Å². The standard InChI is InChI=1S/C14H20ClNO/c1-3-16-13(14(17-2)10-8-9-10)11-6-4-5-7-12(11)15/h4-7,10,13-14,16H,3,8-9H2,1-2H3. The van der Waals surface area contributed by atoms with Gasteiger partial charge in [-0.1, -0.05) is 36.7 Å². The van der Waals surface area contributed by atoms with Crippen molar-refractivity contribution in [3.8, 4) is 0 Å². The summed E-state index contributed by atoms with van der Waals surface area (Å²) in [5.74, 6) is 0.681. The Morgan fingerprint density at radius 1 is 1.41 bits per heavy atom. The average Bonchev–Trinajstić information content (AvgIpc) is 3.14. The summed E-state index contributed by atoms with van der Waals surface area (Å²) in [6, 6.07) is 8.23. The predicted octanol–water partition coefficient (Wildman–Crippen LogP) is 3.42. The predicted molar refractivity (Wildman–Crippen MR) is 71.4 cm³/mol. The highest BCUT2D eigenvalue weighted by Gasteiger charge is 2.37. The van der Waals surface area contributed by atoms with Crippen LogP contribution in [0.1, 0.15) is 31.4 Å². The van der Waals surface area contributed by atoms with Crippen LogP contribution in [-0.4, -0.2) is 19.8 Å². The maximum absolute atomic E-state index is 6.29. The summed E-state index contributed by atoms with van der Waals surface area (Å²) < 4.78 is 5.68. The second-order valence-corrected chi connectivity index (χ2v) is 5.00. The second-order valence-electron chi connectivity index (χ2n) is 4.59. The molecule has 0 aliphatic heterocycles. The number of hydrogen-bond acceptors (Lipinski definition) is 2. The highest BCUT2D eigenvalue weighted by molar-refractivity contribution is 6.31. The molecule has 2 nitrogen and oxygen atoms in total. The Labute approximate surface area is 108 Å². The van der Waals surface area contributed by atoms with E-state index in [2.05, 4.69) is 18.3 Å². The van der Waals surface area contributed by atoms with Crippen molar-refractivity contribution in [3.63, 3.8) is 0 Å². The summed E-state index contributed by atoms with van der Waals surface area (Å²) in [5.41, 5.74) is 1.15. The third kappa shape index (κ3) is 3.01. The number of methoxy groups -OCH3 is 1. The van der Waals surface area contributed by atoms with E-state index >= 15 is 0 Å². The highest BCUT2D eigenvalue weighted by Crippen LogP contribution is 2.40. The van der Waals surface area contributed by atoms with Crippen LogP contribution in [0.5, 0.6) is 0 Å². The van der Waals surface area contributed by atoms with Gasteiger partial charge in [-0.05, 0) is 36.9 Å². The summed E-state index contributed by atoms with van der Waals surface area (Å²) in [5, 5.41) is 4.32. The first-order valence-corrected chi connectivity index (χ1v) is 6.66. The number of nitrogens with one attached hydrogen (secondary N) is 1. The van der Waals surface area contributed by atoms with Crippen LogP contribution in [0.2, 0.25) is 5.02 Å². The van der Waals surface area contributed by atoms with Crippen LogP contribution in [0.15, 0.2) is 24.3 Å². The lowest BCUT2D eigenvalue weighted by Gasteiger charge is -2.28. The molecule has 3 heteroatoms. The van der Waals surface area contributed by atoms with Gasteiger partial charge < -0.3 is 10.1 Å². The van der Waals surface area contributed by atoms with Crippen LogP contribution in [0.25, 0.3) is 0 Å².